The van der Waals surface area contributed by atoms with Gasteiger partial charge in [-0.05, 0) is 51.1 Å². The van der Waals surface area contributed by atoms with Gasteiger partial charge in [-0.15, -0.1) is 0 Å². The van der Waals surface area contributed by atoms with Crippen LogP contribution in [0.5, 0.6) is 0 Å². The molecule has 1 aromatic carbocycles. The molecule has 0 radical (unpaired) electrons. The molecule has 1 N–H and O–H groups in total. The first-order chi connectivity index (χ1) is 13.0. The molecule has 27 heavy (non-hydrogen) atoms. The van der Waals surface area contributed by atoms with E-state index >= 15 is 0 Å². The van der Waals surface area contributed by atoms with E-state index in [1.807, 2.05) is 0 Å². The molecule has 0 aliphatic carbocycles. The average molecular weight is 395 g/mol. The van der Waals surface area contributed by atoms with Gasteiger partial charge in [0.2, 0.25) is 10.0 Å². The molecule has 0 aromatic heterocycles. The van der Waals surface area contributed by atoms with E-state index in [-0.39, 0.29) is 10.8 Å². The van der Waals surface area contributed by atoms with Gasteiger partial charge in [-0.2, -0.15) is 4.31 Å². The SMILES string of the molecule is CN1CCN(CCCNC(=O)c2cccc(S(=O)(=O)N3CCCC3)c2)CC1. The second-order valence-corrected chi connectivity index (χ2v) is 9.33. The van der Waals surface area contributed by atoms with Crippen LogP contribution in [0.2, 0.25) is 0 Å². The Labute approximate surface area is 162 Å². The minimum Gasteiger partial charge on any atom is -0.352 e. The second-order valence-electron chi connectivity index (χ2n) is 7.39. The summed E-state index contributed by atoms with van der Waals surface area (Å²) in [6.45, 7) is 7.00. The summed E-state index contributed by atoms with van der Waals surface area (Å²) >= 11 is 0. The number of rotatable bonds is 7. The number of nitrogens with one attached hydrogen (secondary N) is 1. The van der Waals surface area contributed by atoms with Crippen molar-refractivity contribution in [1.29, 1.82) is 0 Å². The van der Waals surface area contributed by atoms with E-state index in [1.165, 1.54) is 10.4 Å². The number of hydrogen-bond donors (Lipinski definition) is 1. The molecule has 1 amide bonds. The van der Waals surface area contributed by atoms with Crippen LogP contribution in [-0.4, -0.2) is 87.8 Å². The predicted molar refractivity (Wildman–Crippen MR) is 105 cm³/mol. The topological polar surface area (TPSA) is 73.0 Å². The maximum Gasteiger partial charge on any atom is 0.251 e. The van der Waals surface area contributed by atoms with Crippen molar-refractivity contribution in [3.63, 3.8) is 0 Å². The zero-order chi connectivity index (χ0) is 19.3. The minimum absolute atomic E-state index is 0.203. The fourth-order valence-corrected chi connectivity index (χ4v) is 5.12. The van der Waals surface area contributed by atoms with Crippen LogP contribution in [0, 0.1) is 0 Å². The molecular weight excluding hydrogens is 364 g/mol. The lowest BCUT2D eigenvalue weighted by Gasteiger charge is -2.32. The molecule has 3 rings (SSSR count). The molecule has 0 spiro atoms. The largest absolute Gasteiger partial charge is 0.352 e. The molecule has 7 nitrogen and oxygen atoms in total. The van der Waals surface area contributed by atoms with Crippen LogP contribution in [0.4, 0.5) is 0 Å². The van der Waals surface area contributed by atoms with Gasteiger partial charge in [0.1, 0.15) is 0 Å². The Bertz CT molecular complexity index is 739. The Morgan fingerprint density at radius 1 is 1.07 bits per heavy atom. The van der Waals surface area contributed by atoms with Crippen LogP contribution in [-0.2, 0) is 10.0 Å². The lowest BCUT2D eigenvalue weighted by Crippen LogP contribution is -2.45. The highest BCUT2D eigenvalue weighted by Gasteiger charge is 2.27. The van der Waals surface area contributed by atoms with Crippen LogP contribution < -0.4 is 5.32 Å². The van der Waals surface area contributed by atoms with E-state index < -0.39 is 10.0 Å². The first-order valence-corrected chi connectivity index (χ1v) is 11.2. The molecule has 1 aromatic rings. The summed E-state index contributed by atoms with van der Waals surface area (Å²) < 4.78 is 26.8. The maximum atomic E-state index is 12.7. The number of piperazine rings is 1. The number of benzene rings is 1. The van der Waals surface area contributed by atoms with Gasteiger partial charge in [-0.1, -0.05) is 6.07 Å². The lowest BCUT2D eigenvalue weighted by molar-refractivity contribution is 0.0949. The van der Waals surface area contributed by atoms with Gasteiger partial charge in [0.25, 0.3) is 5.91 Å². The van der Waals surface area contributed by atoms with Gasteiger partial charge < -0.3 is 15.1 Å². The molecule has 2 heterocycles. The van der Waals surface area contributed by atoms with Gasteiger partial charge in [0.05, 0.1) is 4.90 Å². The first kappa shape index (κ1) is 20.3. The highest BCUT2D eigenvalue weighted by atomic mass is 32.2. The summed E-state index contributed by atoms with van der Waals surface area (Å²) in [6, 6.07) is 6.36. The fourth-order valence-electron chi connectivity index (χ4n) is 3.55. The van der Waals surface area contributed by atoms with Gasteiger partial charge in [0.15, 0.2) is 0 Å². The van der Waals surface area contributed by atoms with Crippen molar-refractivity contribution < 1.29 is 13.2 Å². The summed E-state index contributed by atoms with van der Waals surface area (Å²) in [7, 11) is -1.36. The number of carbonyl (C=O) groups excluding carboxylic acids is 1. The van der Waals surface area contributed by atoms with Crippen molar-refractivity contribution in [3.8, 4) is 0 Å². The molecule has 2 fully saturated rings. The number of nitrogens with zero attached hydrogens (tertiary/aromatic N) is 3. The number of carbonyl (C=O) groups is 1. The van der Waals surface area contributed by atoms with E-state index in [0.717, 1.165) is 52.0 Å². The summed E-state index contributed by atoms with van der Waals surface area (Å²) in [6.07, 6.45) is 2.68. The third-order valence-corrected chi connectivity index (χ3v) is 7.23. The summed E-state index contributed by atoms with van der Waals surface area (Å²) in [5, 5.41) is 2.91. The number of sulfonamides is 1. The maximum absolute atomic E-state index is 12.7. The Balaban J connectivity index is 1.50. The first-order valence-electron chi connectivity index (χ1n) is 9.76. The van der Waals surface area contributed by atoms with E-state index in [2.05, 4.69) is 22.2 Å². The molecule has 150 valence electrons. The van der Waals surface area contributed by atoms with Crippen molar-refractivity contribution in [2.45, 2.75) is 24.2 Å². The molecule has 0 bridgehead atoms. The minimum atomic E-state index is -3.50. The summed E-state index contributed by atoms with van der Waals surface area (Å²) in [5.41, 5.74) is 0.398. The second kappa shape index (κ2) is 9.14. The Hall–Kier alpha value is -1.48. The van der Waals surface area contributed by atoms with Crippen LogP contribution >= 0.6 is 0 Å². The van der Waals surface area contributed by atoms with Crippen molar-refractivity contribution in [1.82, 2.24) is 19.4 Å². The Kier molecular flexibility index (Phi) is 6.86. The number of hydrogen-bond acceptors (Lipinski definition) is 5. The van der Waals surface area contributed by atoms with Crippen LogP contribution in [0.25, 0.3) is 0 Å². The smallest absolute Gasteiger partial charge is 0.251 e. The molecule has 0 saturated carbocycles. The van der Waals surface area contributed by atoms with Crippen LogP contribution in [0.3, 0.4) is 0 Å². The molecule has 0 unspecified atom stereocenters. The highest BCUT2D eigenvalue weighted by Crippen LogP contribution is 2.21. The quantitative estimate of drug-likeness (QED) is 0.694. The third-order valence-electron chi connectivity index (χ3n) is 5.33. The highest BCUT2D eigenvalue weighted by molar-refractivity contribution is 7.89. The molecule has 0 atom stereocenters. The van der Waals surface area contributed by atoms with Crippen molar-refractivity contribution in [2.24, 2.45) is 0 Å². The van der Waals surface area contributed by atoms with Gasteiger partial charge in [0, 0.05) is 51.4 Å². The molecular formula is C19H30N4O3S. The Morgan fingerprint density at radius 2 is 1.78 bits per heavy atom. The number of likely N-dealkylation sites (N-methyl/N-ethyl adjacent to an activating group) is 1. The van der Waals surface area contributed by atoms with Gasteiger partial charge in [-0.3, -0.25) is 4.79 Å². The summed E-state index contributed by atoms with van der Waals surface area (Å²) in [4.78, 5) is 17.3. The van der Waals surface area contributed by atoms with Crippen LogP contribution in [0.1, 0.15) is 29.6 Å². The third kappa shape index (κ3) is 5.28. The molecule has 8 heteroatoms. The zero-order valence-electron chi connectivity index (χ0n) is 16.1. The average Bonchev–Trinajstić information content (AvgIpc) is 3.22. The lowest BCUT2D eigenvalue weighted by atomic mass is 10.2. The fraction of sp³-hybridized carbons (Fsp3) is 0.632. The van der Waals surface area contributed by atoms with Crippen molar-refractivity contribution in [3.05, 3.63) is 29.8 Å². The number of amides is 1. The van der Waals surface area contributed by atoms with E-state index in [4.69, 9.17) is 0 Å². The molecule has 2 saturated heterocycles. The zero-order valence-corrected chi connectivity index (χ0v) is 16.9. The van der Waals surface area contributed by atoms with E-state index in [0.29, 0.717) is 25.2 Å². The normalized spacial score (nSPS) is 20.0. The van der Waals surface area contributed by atoms with Crippen molar-refractivity contribution in [2.75, 3.05) is 59.4 Å². The monoisotopic (exact) mass is 394 g/mol. The van der Waals surface area contributed by atoms with Gasteiger partial charge >= 0.3 is 0 Å². The standard InChI is InChI=1S/C19H30N4O3S/c1-21-12-14-22(15-13-21)9-5-8-20-19(24)17-6-4-7-18(16-17)27(25,26)23-10-2-3-11-23/h4,6-7,16H,2-3,5,8-15H2,1H3,(H,20,24). The summed E-state index contributed by atoms with van der Waals surface area (Å²) in [5.74, 6) is -0.216. The predicted octanol–water partition coefficient (Wildman–Crippen LogP) is 0.838. The van der Waals surface area contributed by atoms with Crippen molar-refractivity contribution >= 4 is 15.9 Å². The van der Waals surface area contributed by atoms with Crippen LogP contribution in [0.15, 0.2) is 29.2 Å². The Morgan fingerprint density at radius 3 is 2.48 bits per heavy atom. The molecule has 2 aliphatic heterocycles. The molecule has 2 aliphatic rings. The van der Waals surface area contributed by atoms with Gasteiger partial charge in [-0.25, -0.2) is 8.42 Å². The van der Waals surface area contributed by atoms with E-state index in [1.54, 1.807) is 18.2 Å². The van der Waals surface area contributed by atoms with E-state index in [9.17, 15) is 13.2 Å².